The van der Waals surface area contributed by atoms with Gasteiger partial charge in [0.2, 0.25) is 0 Å². The van der Waals surface area contributed by atoms with Crippen LogP contribution in [-0.4, -0.2) is 46.8 Å². The third kappa shape index (κ3) is 5.16. The summed E-state index contributed by atoms with van der Waals surface area (Å²) in [7, 11) is 0. The zero-order valence-corrected chi connectivity index (χ0v) is 13.1. The van der Waals surface area contributed by atoms with Gasteiger partial charge in [0.25, 0.3) is 0 Å². The van der Waals surface area contributed by atoms with Gasteiger partial charge in [-0.2, -0.15) is 0 Å². The highest BCUT2D eigenvalue weighted by molar-refractivity contribution is 5.41. The van der Waals surface area contributed by atoms with Crippen LogP contribution in [0.5, 0.6) is 11.5 Å². The molecule has 0 spiro atoms. The lowest BCUT2D eigenvalue weighted by Gasteiger charge is -2.28. The summed E-state index contributed by atoms with van der Waals surface area (Å²) in [6.07, 6.45) is 2.33. The van der Waals surface area contributed by atoms with E-state index in [4.69, 9.17) is 9.47 Å². The van der Waals surface area contributed by atoms with Gasteiger partial charge in [0.05, 0.1) is 24.9 Å². The summed E-state index contributed by atoms with van der Waals surface area (Å²) in [6.45, 7) is 2.93. The average molecular weight is 310 g/mol. The number of ether oxygens (including phenoxy) is 2. The zero-order valence-electron chi connectivity index (χ0n) is 13.1. The van der Waals surface area contributed by atoms with Crippen LogP contribution in [0.25, 0.3) is 0 Å². The lowest BCUT2D eigenvalue weighted by Crippen LogP contribution is -2.31. The van der Waals surface area contributed by atoms with Gasteiger partial charge < -0.3 is 24.8 Å². The molecule has 0 aliphatic carbocycles. The SMILES string of the molecule is CCOc1cc(CCC(O)CC2CC(O)CCO2)ccc1O. The maximum Gasteiger partial charge on any atom is 0.161 e. The zero-order chi connectivity index (χ0) is 15.9. The third-order valence-corrected chi connectivity index (χ3v) is 3.96. The summed E-state index contributed by atoms with van der Waals surface area (Å²) in [6, 6.07) is 5.27. The number of aliphatic hydroxyl groups excluding tert-OH is 2. The summed E-state index contributed by atoms with van der Waals surface area (Å²) >= 11 is 0. The molecule has 1 aliphatic heterocycles. The molecule has 5 nitrogen and oxygen atoms in total. The van der Waals surface area contributed by atoms with Gasteiger partial charge in [0, 0.05) is 6.61 Å². The molecule has 1 aromatic rings. The van der Waals surface area contributed by atoms with Crippen molar-refractivity contribution in [1.29, 1.82) is 0 Å². The molecule has 124 valence electrons. The predicted octanol–water partition coefficient (Wildman–Crippen LogP) is 2.01. The monoisotopic (exact) mass is 310 g/mol. The minimum absolute atomic E-state index is 0.0578. The molecule has 1 saturated heterocycles. The summed E-state index contributed by atoms with van der Waals surface area (Å²) < 4.78 is 10.9. The fraction of sp³-hybridized carbons (Fsp3) is 0.647. The van der Waals surface area contributed by atoms with Crippen molar-refractivity contribution in [3.05, 3.63) is 23.8 Å². The molecule has 3 atom stereocenters. The molecular weight excluding hydrogens is 284 g/mol. The Morgan fingerprint density at radius 2 is 2.23 bits per heavy atom. The largest absolute Gasteiger partial charge is 0.504 e. The molecule has 22 heavy (non-hydrogen) atoms. The van der Waals surface area contributed by atoms with E-state index in [1.807, 2.05) is 19.1 Å². The molecule has 0 saturated carbocycles. The van der Waals surface area contributed by atoms with E-state index >= 15 is 0 Å². The Balaban J connectivity index is 1.80. The molecule has 0 aromatic heterocycles. The number of benzene rings is 1. The van der Waals surface area contributed by atoms with Crippen LogP contribution in [-0.2, 0) is 11.2 Å². The summed E-state index contributed by atoms with van der Waals surface area (Å²) in [5.74, 6) is 0.615. The van der Waals surface area contributed by atoms with Gasteiger partial charge in [-0.1, -0.05) is 6.07 Å². The molecule has 0 bridgehead atoms. The number of aryl methyl sites for hydroxylation is 1. The van der Waals surface area contributed by atoms with Crippen molar-refractivity contribution in [2.75, 3.05) is 13.2 Å². The van der Waals surface area contributed by atoms with Crippen molar-refractivity contribution in [1.82, 2.24) is 0 Å². The topological polar surface area (TPSA) is 79.2 Å². The third-order valence-electron chi connectivity index (χ3n) is 3.96. The molecule has 0 amide bonds. The molecule has 3 unspecified atom stereocenters. The fourth-order valence-corrected chi connectivity index (χ4v) is 2.76. The van der Waals surface area contributed by atoms with E-state index in [-0.39, 0.29) is 18.0 Å². The molecule has 1 aromatic carbocycles. The van der Waals surface area contributed by atoms with Gasteiger partial charge in [0.1, 0.15) is 0 Å². The van der Waals surface area contributed by atoms with Crippen LogP contribution in [0.4, 0.5) is 0 Å². The van der Waals surface area contributed by atoms with E-state index < -0.39 is 6.10 Å². The van der Waals surface area contributed by atoms with Crippen molar-refractivity contribution in [3.8, 4) is 11.5 Å². The molecule has 1 aliphatic rings. The Hall–Kier alpha value is -1.30. The van der Waals surface area contributed by atoms with Crippen molar-refractivity contribution in [2.24, 2.45) is 0 Å². The number of hydrogen-bond donors (Lipinski definition) is 3. The first kappa shape index (κ1) is 17.1. The maximum atomic E-state index is 10.1. The van der Waals surface area contributed by atoms with E-state index in [1.54, 1.807) is 6.07 Å². The molecular formula is C17H26O5. The summed E-state index contributed by atoms with van der Waals surface area (Å²) in [5.41, 5.74) is 1.02. The standard InChI is InChI=1S/C17H26O5/c1-2-21-17-9-12(4-6-16(17)20)3-5-13(18)10-15-11-14(19)7-8-22-15/h4,6,9,13-15,18-20H,2-3,5,7-8,10-11H2,1H3. The summed E-state index contributed by atoms with van der Waals surface area (Å²) in [5, 5.41) is 29.4. The number of aromatic hydroxyl groups is 1. The predicted molar refractivity (Wildman–Crippen MR) is 83.2 cm³/mol. The number of rotatable bonds is 7. The van der Waals surface area contributed by atoms with E-state index in [1.165, 1.54) is 0 Å². The molecule has 1 heterocycles. The van der Waals surface area contributed by atoms with Gasteiger partial charge in [-0.3, -0.25) is 0 Å². The smallest absolute Gasteiger partial charge is 0.161 e. The maximum absolute atomic E-state index is 10.1. The van der Waals surface area contributed by atoms with Gasteiger partial charge in [-0.05, 0) is 56.7 Å². The van der Waals surface area contributed by atoms with E-state index in [2.05, 4.69) is 0 Å². The normalized spacial score (nSPS) is 23.2. The van der Waals surface area contributed by atoms with Crippen molar-refractivity contribution in [3.63, 3.8) is 0 Å². The summed E-state index contributed by atoms with van der Waals surface area (Å²) in [4.78, 5) is 0. The van der Waals surface area contributed by atoms with Crippen LogP contribution in [0.2, 0.25) is 0 Å². The van der Waals surface area contributed by atoms with Crippen LogP contribution in [0, 0.1) is 0 Å². The Labute approximate surface area is 131 Å². The molecule has 3 N–H and O–H groups in total. The molecule has 5 heteroatoms. The van der Waals surface area contributed by atoms with E-state index in [9.17, 15) is 15.3 Å². The number of phenolic OH excluding ortho intramolecular Hbond substituents is 1. The highest BCUT2D eigenvalue weighted by Crippen LogP contribution is 2.28. The lowest BCUT2D eigenvalue weighted by molar-refractivity contribution is -0.0618. The van der Waals surface area contributed by atoms with E-state index in [0.29, 0.717) is 51.1 Å². The van der Waals surface area contributed by atoms with Crippen LogP contribution >= 0.6 is 0 Å². The minimum atomic E-state index is -0.459. The lowest BCUT2D eigenvalue weighted by atomic mass is 9.97. The molecule has 2 rings (SSSR count). The molecule has 0 radical (unpaired) electrons. The van der Waals surface area contributed by atoms with Gasteiger partial charge >= 0.3 is 0 Å². The number of phenols is 1. The second kappa shape index (κ2) is 8.36. The highest BCUT2D eigenvalue weighted by atomic mass is 16.5. The van der Waals surface area contributed by atoms with Crippen LogP contribution in [0.3, 0.4) is 0 Å². The van der Waals surface area contributed by atoms with Gasteiger partial charge in [-0.25, -0.2) is 0 Å². The van der Waals surface area contributed by atoms with Crippen LogP contribution in [0.15, 0.2) is 18.2 Å². The minimum Gasteiger partial charge on any atom is -0.504 e. The Morgan fingerprint density at radius 1 is 1.41 bits per heavy atom. The van der Waals surface area contributed by atoms with Gasteiger partial charge in [0.15, 0.2) is 11.5 Å². The second-order valence-corrected chi connectivity index (χ2v) is 5.83. The first-order valence-electron chi connectivity index (χ1n) is 8.01. The first-order chi connectivity index (χ1) is 10.6. The van der Waals surface area contributed by atoms with Gasteiger partial charge in [-0.15, -0.1) is 0 Å². The van der Waals surface area contributed by atoms with Crippen LogP contribution in [0.1, 0.15) is 38.2 Å². The Kier molecular flexibility index (Phi) is 6.49. The number of hydrogen-bond acceptors (Lipinski definition) is 5. The first-order valence-corrected chi connectivity index (χ1v) is 8.01. The van der Waals surface area contributed by atoms with Crippen LogP contribution < -0.4 is 4.74 Å². The molecule has 1 fully saturated rings. The average Bonchev–Trinajstić information content (AvgIpc) is 2.48. The van der Waals surface area contributed by atoms with E-state index in [0.717, 1.165) is 5.56 Å². The van der Waals surface area contributed by atoms with Crippen molar-refractivity contribution < 1.29 is 24.8 Å². The second-order valence-electron chi connectivity index (χ2n) is 5.83. The van der Waals surface area contributed by atoms with Crippen molar-refractivity contribution in [2.45, 2.75) is 57.3 Å². The highest BCUT2D eigenvalue weighted by Gasteiger charge is 2.23. The fourth-order valence-electron chi connectivity index (χ4n) is 2.76. The van der Waals surface area contributed by atoms with Crippen molar-refractivity contribution >= 4 is 0 Å². The Bertz CT molecular complexity index is 462. The Morgan fingerprint density at radius 3 is 2.95 bits per heavy atom. The number of aliphatic hydroxyl groups is 2. The quantitative estimate of drug-likeness (QED) is 0.718.